The Balaban J connectivity index is 1.19. The molecule has 0 saturated carbocycles. The number of nitrogens with one attached hydrogen (secondary N) is 2. The summed E-state index contributed by atoms with van der Waals surface area (Å²) in [6, 6.07) is 13.3. The molecule has 2 aliphatic heterocycles. The van der Waals surface area contributed by atoms with E-state index in [4.69, 9.17) is 14.2 Å². The summed E-state index contributed by atoms with van der Waals surface area (Å²) in [5, 5.41) is 27.4. The lowest BCUT2D eigenvalue weighted by Crippen LogP contribution is -2.31. The highest BCUT2D eigenvalue weighted by Gasteiger charge is 2.17. The van der Waals surface area contributed by atoms with Crippen LogP contribution in [0.2, 0.25) is 0 Å². The predicted molar refractivity (Wildman–Crippen MR) is 134 cm³/mol. The maximum atomic E-state index is 11.0. The second kappa shape index (κ2) is 13.0. The number of nitrogens with zero attached hydrogens (tertiary/aromatic N) is 2. The Morgan fingerprint density at radius 2 is 1.97 bits per heavy atom. The van der Waals surface area contributed by atoms with Gasteiger partial charge >= 0.3 is 0 Å². The summed E-state index contributed by atoms with van der Waals surface area (Å²) in [7, 11) is 0. The van der Waals surface area contributed by atoms with Gasteiger partial charge in [0, 0.05) is 19.6 Å². The first kappa shape index (κ1) is 25.6. The minimum absolute atomic E-state index is 0.0899. The Morgan fingerprint density at radius 1 is 1.14 bits per heavy atom. The van der Waals surface area contributed by atoms with Gasteiger partial charge in [0.05, 0.1) is 17.6 Å². The SMILES string of the molecule is O=[N+]([O-])C=C(NCCCOc1cccc(CN2CCCCC2)c1)NCC(O)c1ccc2c(c1)OCO2. The number of rotatable bonds is 13. The molecule has 0 radical (unpaired) electrons. The van der Waals surface area contributed by atoms with E-state index in [0.717, 1.165) is 31.6 Å². The molecule has 36 heavy (non-hydrogen) atoms. The van der Waals surface area contributed by atoms with Gasteiger partial charge in [0.2, 0.25) is 6.79 Å². The molecule has 0 aromatic heterocycles. The van der Waals surface area contributed by atoms with Gasteiger partial charge in [-0.15, -0.1) is 0 Å². The summed E-state index contributed by atoms with van der Waals surface area (Å²) >= 11 is 0. The summed E-state index contributed by atoms with van der Waals surface area (Å²) in [5.41, 5.74) is 1.87. The highest BCUT2D eigenvalue weighted by molar-refractivity contribution is 5.45. The quantitative estimate of drug-likeness (QED) is 0.217. The van der Waals surface area contributed by atoms with Crippen LogP contribution in [0.25, 0.3) is 0 Å². The van der Waals surface area contributed by atoms with Crippen LogP contribution in [0.5, 0.6) is 17.2 Å². The van der Waals surface area contributed by atoms with Crippen molar-refractivity contribution in [3.63, 3.8) is 0 Å². The fourth-order valence-electron chi connectivity index (χ4n) is 4.30. The molecule has 1 fully saturated rings. The van der Waals surface area contributed by atoms with Gasteiger partial charge in [0.1, 0.15) is 5.75 Å². The molecular weight excluding hydrogens is 464 g/mol. The van der Waals surface area contributed by atoms with Gasteiger partial charge in [-0.3, -0.25) is 15.0 Å². The van der Waals surface area contributed by atoms with E-state index in [2.05, 4.69) is 27.7 Å². The van der Waals surface area contributed by atoms with Gasteiger partial charge in [0.25, 0.3) is 6.20 Å². The Labute approximate surface area is 211 Å². The van der Waals surface area contributed by atoms with Crippen LogP contribution in [-0.2, 0) is 6.54 Å². The maximum absolute atomic E-state index is 11.0. The number of piperidine rings is 1. The van der Waals surface area contributed by atoms with Crippen LogP contribution in [0.3, 0.4) is 0 Å². The highest BCUT2D eigenvalue weighted by atomic mass is 16.7. The lowest BCUT2D eigenvalue weighted by atomic mass is 10.1. The van der Waals surface area contributed by atoms with E-state index in [1.54, 1.807) is 18.2 Å². The largest absolute Gasteiger partial charge is 0.494 e. The minimum Gasteiger partial charge on any atom is -0.494 e. The third kappa shape index (κ3) is 7.76. The summed E-state index contributed by atoms with van der Waals surface area (Å²) in [6.45, 7) is 4.44. The van der Waals surface area contributed by atoms with Gasteiger partial charge in [-0.1, -0.05) is 24.6 Å². The number of likely N-dealkylation sites (tertiary alicyclic amines) is 1. The predicted octanol–water partition coefficient (Wildman–Crippen LogP) is 3.16. The Kier molecular flexibility index (Phi) is 9.23. The van der Waals surface area contributed by atoms with Gasteiger partial charge < -0.3 is 30.0 Å². The van der Waals surface area contributed by atoms with Crippen molar-refractivity contribution in [1.29, 1.82) is 0 Å². The average molecular weight is 499 g/mol. The number of hydrogen-bond donors (Lipinski definition) is 3. The molecule has 1 saturated heterocycles. The monoisotopic (exact) mass is 498 g/mol. The van der Waals surface area contributed by atoms with E-state index >= 15 is 0 Å². The van der Waals surface area contributed by atoms with Crippen molar-refractivity contribution in [1.82, 2.24) is 15.5 Å². The lowest BCUT2D eigenvalue weighted by molar-refractivity contribution is -0.404. The Hall–Kier alpha value is -3.50. The molecule has 0 amide bonds. The third-order valence-electron chi connectivity index (χ3n) is 6.16. The number of fused-ring (bicyclic) bond motifs is 1. The molecule has 0 aliphatic carbocycles. The summed E-state index contributed by atoms with van der Waals surface area (Å²) in [4.78, 5) is 13.0. The van der Waals surface area contributed by atoms with E-state index in [0.29, 0.717) is 36.6 Å². The van der Waals surface area contributed by atoms with E-state index < -0.39 is 11.0 Å². The van der Waals surface area contributed by atoms with Crippen molar-refractivity contribution in [2.24, 2.45) is 0 Å². The number of nitro groups is 1. The lowest BCUT2D eigenvalue weighted by Gasteiger charge is -2.26. The highest BCUT2D eigenvalue weighted by Crippen LogP contribution is 2.34. The van der Waals surface area contributed by atoms with E-state index in [1.807, 2.05) is 12.1 Å². The van der Waals surface area contributed by atoms with Crippen LogP contribution in [0, 0.1) is 10.1 Å². The molecule has 2 aromatic carbocycles. The number of ether oxygens (including phenoxy) is 3. The van der Waals surface area contributed by atoms with Crippen LogP contribution in [0.1, 0.15) is 42.9 Å². The molecule has 2 heterocycles. The van der Waals surface area contributed by atoms with Crippen molar-refractivity contribution in [2.75, 3.05) is 39.6 Å². The first-order valence-electron chi connectivity index (χ1n) is 12.4. The van der Waals surface area contributed by atoms with Crippen molar-refractivity contribution in [3.8, 4) is 17.2 Å². The minimum atomic E-state index is -0.878. The fraction of sp³-hybridized carbons (Fsp3) is 0.462. The van der Waals surface area contributed by atoms with E-state index in [-0.39, 0.29) is 19.2 Å². The number of aliphatic hydroxyl groups is 1. The molecule has 10 nitrogen and oxygen atoms in total. The van der Waals surface area contributed by atoms with Gasteiger partial charge in [-0.05, 0) is 67.7 Å². The Bertz CT molecular complexity index is 1040. The van der Waals surface area contributed by atoms with Gasteiger partial charge in [-0.25, -0.2) is 0 Å². The van der Waals surface area contributed by atoms with Crippen LogP contribution in [-0.4, -0.2) is 54.5 Å². The molecule has 10 heteroatoms. The molecule has 194 valence electrons. The molecule has 3 N–H and O–H groups in total. The zero-order valence-electron chi connectivity index (χ0n) is 20.4. The zero-order chi connectivity index (χ0) is 25.2. The van der Waals surface area contributed by atoms with Crippen molar-refractivity contribution in [3.05, 3.63) is 75.7 Å². The topological polar surface area (TPSA) is 118 Å². The zero-order valence-corrected chi connectivity index (χ0v) is 20.4. The van der Waals surface area contributed by atoms with E-state index in [1.165, 1.54) is 24.8 Å². The molecule has 0 spiro atoms. The van der Waals surface area contributed by atoms with Crippen molar-refractivity contribution in [2.45, 2.75) is 38.3 Å². The van der Waals surface area contributed by atoms with Crippen molar-refractivity contribution >= 4 is 0 Å². The first-order chi connectivity index (χ1) is 17.6. The number of benzene rings is 2. The molecule has 1 atom stereocenters. The smallest absolute Gasteiger partial charge is 0.274 e. The molecule has 0 bridgehead atoms. The van der Waals surface area contributed by atoms with Crippen LogP contribution in [0.15, 0.2) is 54.5 Å². The first-order valence-corrected chi connectivity index (χ1v) is 12.4. The second-order valence-corrected chi connectivity index (χ2v) is 8.95. The summed E-state index contributed by atoms with van der Waals surface area (Å²) in [6.07, 6.45) is 4.49. The second-order valence-electron chi connectivity index (χ2n) is 8.95. The number of aliphatic hydroxyl groups excluding tert-OH is 1. The fourth-order valence-corrected chi connectivity index (χ4v) is 4.30. The molecule has 4 rings (SSSR count). The average Bonchev–Trinajstić information content (AvgIpc) is 3.35. The van der Waals surface area contributed by atoms with E-state index in [9.17, 15) is 15.2 Å². The number of hydrogen-bond acceptors (Lipinski definition) is 9. The molecule has 2 aromatic rings. The summed E-state index contributed by atoms with van der Waals surface area (Å²) in [5.74, 6) is 2.26. The third-order valence-corrected chi connectivity index (χ3v) is 6.16. The summed E-state index contributed by atoms with van der Waals surface area (Å²) < 4.78 is 16.5. The Morgan fingerprint density at radius 3 is 2.81 bits per heavy atom. The van der Waals surface area contributed by atoms with Crippen LogP contribution < -0.4 is 24.8 Å². The van der Waals surface area contributed by atoms with Crippen molar-refractivity contribution < 1.29 is 24.2 Å². The molecule has 2 aliphatic rings. The molecule has 1 unspecified atom stereocenters. The van der Waals surface area contributed by atoms with Crippen LogP contribution in [0.4, 0.5) is 0 Å². The normalized spacial score (nSPS) is 16.4. The standard InChI is InChI=1S/C26H34N4O6/c31-23(21-8-9-24-25(15-21)36-19-35-24)16-28-26(18-30(32)33)27-10-5-13-34-22-7-4-6-20(14-22)17-29-11-2-1-3-12-29/h4,6-9,14-15,18,23,27-28,31H,1-3,5,10-13,16-17,19H2. The maximum Gasteiger partial charge on any atom is 0.274 e. The van der Waals surface area contributed by atoms with Gasteiger partial charge in [0.15, 0.2) is 17.3 Å². The van der Waals surface area contributed by atoms with Gasteiger partial charge in [-0.2, -0.15) is 0 Å². The van der Waals surface area contributed by atoms with Crippen LogP contribution >= 0.6 is 0 Å². The molecular formula is C26H34N4O6.